The summed E-state index contributed by atoms with van der Waals surface area (Å²) < 4.78 is 2.31. The Balaban J connectivity index is 1.62. The second-order valence-electron chi connectivity index (χ2n) is 6.36. The number of aromatic amines is 1. The van der Waals surface area contributed by atoms with Gasteiger partial charge in [0, 0.05) is 30.7 Å². The van der Waals surface area contributed by atoms with Crippen molar-refractivity contribution in [2.75, 3.05) is 6.54 Å². The summed E-state index contributed by atoms with van der Waals surface area (Å²) in [6, 6.07) is 11.8. The van der Waals surface area contributed by atoms with Gasteiger partial charge in [-0.25, -0.2) is 0 Å². The molecule has 1 aliphatic rings. The van der Waals surface area contributed by atoms with Crippen molar-refractivity contribution in [2.45, 2.75) is 32.9 Å². The Bertz CT molecular complexity index is 896. The molecule has 0 fully saturated rings. The average Bonchev–Trinajstić information content (AvgIpc) is 3.29. The number of fused-ring (bicyclic) bond motifs is 1. The molecule has 0 saturated carbocycles. The second-order valence-corrected chi connectivity index (χ2v) is 6.36. The fourth-order valence-corrected chi connectivity index (χ4v) is 3.61. The zero-order valence-electron chi connectivity index (χ0n) is 14.4. The van der Waals surface area contributed by atoms with E-state index in [1.165, 1.54) is 11.4 Å². The molecule has 25 heavy (non-hydrogen) atoms. The molecule has 1 N–H and O–H groups in total. The van der Waals surface area contributed by atoms with Gasteiger partial charge in [0.2, 0.25) is 0 Å². The summed E-state index contributed by atoms with van der Waals surface area (Å²) in [6.07, 6.45) is 2.61. The van der Waals surface area contributed by atoms with Crippen LogP contribution in [0.5, 0.6) is 0 Å². The first-order valence-corrected chi connectivity index (χ1v) is 8.63. The Morgan fingerprint density at radius 3 is 2.88 bits per heavy atom. The van der Waals surface area contributed by atoms with Crippen LogP contribution in [0.4, 0.5) is 0 Å². The Morgan fingerprint density at radius 2 is 2.12 bits per heavy atom. The Morgan fingerprint density at radius 1 is 1.24 bits per heavy atom. The van der Waals surface area contributed by atoms with Crippen molar-refractivity contribution in [1.82, 2.24) is 24.6 Å². The Kier molecular flexibility index (Phi) is 3.87. The molecule has 128 valence electrons. The van der Waals surface area contributed by atoms with E-state index in [9.17, 15) is 4.79 Å². The van der Waals surface area contributed by atoms with Gasteiger partial charge in [0.05, 0.1) is 11.7 Å². The van der Waals surface area contributed by atoms with E-state index < -0.39 is 0 Å². The molecular formula is C19H21N5O. The quantitative estimate of drug-likeness (QED) is 0.799. The van der Waals surface area contributed by atoms with Crippen LogP contribution in [0.3, 0.4) is 0 Å². The van der Waals surface area contributed by atoms with Gasteiger partial charge < -0.3 is 9.47 Å². The summed E-state index contributed by atoms with van der Waals surface area (Å²) in [5, 5.41) is 7.15. The van der Waals surface area contributed by atoms with Crippen LogP contribution in [0, 0.1) is 6.92 Å². The number of aryl methyl sites for hydroxylation is 1. The third-order valence-electron chi connectivity index (χ3n) is 4.90. The topological polar surface area (TPSA) is 66.8 Å². The molecule has 1 atom stereocenters. The molecule has 0 spiro atoms. The summed E-state index contributed by atoms with van der Waals surface area (Å²) in [6.45, 7) is 5.77. The summed E-state index contributed by atoms with van der Waals surface area (Å²) in [5.74, 6) is -0.00775. The lowest BCUT2D eigenvalue weighted by molar-refractivity contribution is 0.0610. The average molecular weight is 335 g/mol. The first kappa shape index (κ1) is 15.6. The van der Waals surface area contributed by atoms with Gasteiger partial charge in [-0.1, -0.05) is 13.0 Å². The van der Waals surface area contributed by atoms with E-state index in [0.717, 1.165) is 18.7 Å². The lowest BCUT2D eigenvalue weighted by Gasteiger charge is -2.36. The van der Waals surface area contributed by atoms with Gasteiger partial charge in [-0.3, -0.25) is 14.9 Å². The largest absolute Gasteiger partial charge is 0.345 e. The molecule has 0 bridgehead atoms. The number of nitrogens with zero attached hydrogens (tertiary/aromatic N) is 4. The molecule has 0 radical (unpaired) electrons. The minimum atomic E-state index is -0.00775. The third-order valence-corrected chi connectivity index (χ3v) is 4.90. The Labute approximate surface area is 146 Å². The van der Waals surface area contributed by atoms with Gasteiger partial charge in [0.15, 0.2) is 0 Å². The van der Waals surface area contributed by atoms with Crippen molar-refractivity contribution in [2.24, 2.45) is 0 Å². The lowest BCUT2D eigenvalue weighted by atomic mass is 10.1. The van der Waals surface area contributed by atoms with E-state index in [4.69, 9.17) is 0 Å². The van der Waals surface area contributed by atoms with Crippen molar-refractivity contribution >= 4 is 5.91 Å². The molecule has 4 heterocycles. The number of H-pyrrole nitrogens is 1. The minimum Gasteiger partial charge on any atom is -0.345 e. The van der Waals surface area contributed by atoms with Crippen molar-refractivity contribution in [3.63, 3.8) is 0 Å². The van der Waals surface area contributed by atoms with Crippen LogP contribution in [0.2, 0.25) is 0 Å². The number of aromatic nitrogens is 4. The predicted octanol–water partition coefficient (Wildman–Crippen LogP) is 3.19. The van der Waals surface area contributed by atoms with Crippen LogP contribution in [-0.4, -0.2) is 37.1 Å². The maximum Gasteiger partial charge on any atom is 0.272 e. The maximum absolute atomic E-state index is 13.1. The van der Waals surface area contributed by atoms with Gasteiger partial charge in [-0.2, -0.15) is 5.10 Å². The number of rotatable bonds is 3. The standard InChI is InChI=1S/C19H21N5O/c1-3-17-18-8-7-13(2)23(18)10-11-24(17)19(25)16-12-15(21-22-16)14-6-4-5-9-20-14/h4-9,12,17H,3,10-11H2,1-2H3,(H,21,22)/t17-/m0/s1. The number of nitrogens with one attached hydrogen (secondary N) is 1. The number of carbonyl (C=O) groups is 1. The number of pyridine rings is 1. The highest BCUT2D eigenvalue weighted by Gasteiger charge is 2.31. The molecule has 0 unspecified atom stereocenters. The van der Waals surface area contributed by atoms with Crippen LogP contribution >= 0.6 is 0 Å². The zero-order chi connectivity index (χ0) is 17.4. The van der Waals surface area contributed by atoms with Crippen molar-refractivity contribution in [3.05, 3.63) is 59.7 Å². The molecule has 4 rings (SSSR count). The summed E-state index contributed by atoms with van der Waals surface area (Å²) in [5.41, 5.74) is 4.42. The summed E-state index contributed by atoms with van der Waals surface area (Å²) in [7, 11) is 0. The highest BCUT2D eigenvalue weighted by atomic mass is 16.2. The molecular weight excluding hydrogens is 314 g/mol. The fraction of sp³-hybridized carbons (Fsp3) is 0.316. The monoisotopic (exact) mass is 335 g/mol. The molecule has 6 nitrogen and oxygen atoms in total. The molecule has 1 aliphatic heterocycles. The number of hydrogen-bond donors (Lipinski definition) is 1. The van der Waals surface area contributed by atoms with Crippen LogP contribution in [0.15, 0.2) is 42.6 Å². The first-order valence-electron chi connectivity index (χ1n) is 8.63. The van der Waals surface area contributed by atoms with Gasteiger partial charge in [0.1, 0.15) is 11.4 Å². The predicted molar refractivity (Wildman–Crippen MR) is 95.1 cm³/mol. The minimum absolute atomic E-state index is 0.00775. The zero-order valence-corrected chi connectivity index (χ0v) is 14.4. The molecule has 6 heteroatoms. The molecule has 0 aliphatic carbocycles. The van der Waals surface area contributed by atoms with Crippen molar-refractivity contribution < 1.29 is 4.79 Å². The van der Waals surface area contributed by atoms with Crippen molar-refractivity contribution in [3.8, 4) is 11.4 Å². The van der Waals surface area contributed by atoms with Crippen LogP contribution in [-0.2, 0) is 6.54 Å². The number of hydrogen-bond acceptors (Lipinski definition) is 3. The summed E-state index contributed by atoms with van der Waals surface area (Å²) in [4.78, 5) is 19.3. The van der Waals surface area contributed by atoms with E-state index in [1.807, 2.05) is 23.1 Å². The van der Waals surface area contributed by atoms with Gasteiger partial charge in [-0.15, -0.1) is 0 Å². The molecule has 3 aromatic rings. The summed E-state index contributed by atoms with van der Waals surface area (Å²) >= 11 is 0. The van der Waals surface area contributed by atoms with Gasteiger partial charge in [-0.05, 0) is 43.7 Å². The molecule has 1 amide bonds. The normalized spacial score (nSPS) is 16.7. The van der Waals surface area contributed by atoms with E-state index in [2.05, 4.69) is 45.7 Å². The SMILES string of the molecule is CC[C@H]1c2ccc(C)n2CCN1C(=O)c1cc(-c2ccccn2)n[nH]1. The molecule has 0 saturated heterocycles. The van der Waals surface area contributed by atoms with E-state index in [1.54, 1.807) is 12.3 Å². The first-order chi connectivity index (χ1) is 12.2. The van der Waals surface area contributed by atoms with E-state index >= 15 is 0 Å². The lowest BCUT2D eigenvalue weighted by Crippen LogP contribution is -2.42. The van der Waals surface area contributed by atoms with E-state index in [0.29, 0.717) is 17.9 Å². The molecule has 3 aromatic heterocycles. The van der Waals surface area contributed by atoms with Crippen molar-refractivity contribution in [1.29, 1.82) is 0 Å². The van der Waals surface area contributed by atoms with Gasteiger partial charge in [0.25, 0.3) is 5.91 Å². The smallest absolute Gasteiger partial charge is 0.272 e. The fourth-order valence-electron chi connectivity index (χ4n) is 3.61. The highest BCUT2D eigenvalue weighted by Crippen LogP contribution is 2.31. The number of carbonyl (C=O) groups excluding carboxylic acids is 1. The van der Waals surface area contributed by atoms with E-state index in [-0.39, 0.29) is 11.9 Å². The van der Waals surface area contributed by atoms with Crippen LogP contribution < -0.4 is 0 Å². The third kappa shape index (κ3) is 2.63. The highest BCUT2D eigenvalue weighted by molar-refractivity contribution is 5.93. The number of amides is 1. The Hall–Kier alpha value is -2.89. The van der Waals surface area contributed by atoms with Gasteiger partial charge >= 0.3 is 0 Å². The second kappa shape index (κ2) is 6.20. The van der Waals surface area contributed by atoms with Crippen LogP contribution in [0.1, 0.15) is 41.3 Å². The molecule has 0 aromatic carbocycles. The van der Waals surface area contributed by atoms with Crippen LogP contribution in [0.25, 0.3) is 11.4 Å². The maximum atomic E-state index is 13.1.